The first kappa shape index (κ1) is 24.2. The van der Waals surface area contributed by atoms with Gasteiger partial charge in [0.2, 0.25) is 5.91 Å². The SMILES string of the molecule is CC(=O)c1cccc(NC(=O)[C@H](Sc2nnc([C@@H](C)Oc3ccc(F)cc3)o2)c2ccccc2)c1. The van der Waals surface area contributed by atoms with Crippen molar-refractivity contribution in [3.05, 3.63) is 102 Å². The molecule has 0 aliphatic carbocycles. The zero-order chi connectivity index (χ0) is 24.8. The van der Waals surface area contributed by atoms with Crippen molar-refractivity contribution in [1.82, 2.24) is 10.2 Å². The van der Waals surface area contributed by atoms with Gasteiger partial charge in [-0.1, -0.05) is 42.5 Å². The van der Waals surface area contributed by atoms with Crippen LogP contribution in [0, 0.1) is 5.82 Å². The zero-order valence-corrected chi connectivity index (χ0v) is 19.8. The molecule has 0 aliphatic rings. The second-order valence-electron chi connectivity index (χ2n) is 7.66. The largest absolute Gasteiger partial charge is 0.481 e. The lowest BCUT2D eigenvalue weighted by atomic mass is 10.1. The Labute approximate surface area is 205 Å². The Morgan fingerprint density at radius 1 is 1.00 bits per heavy atom. The van der Waals surface area contributed by atoms with Gasteiger partial charge >= 0.3 is 0 Å². The van der Waals surface area contributed by atoms with Crippen LogP contribution in [0.25, 0.3) is 0 Å². The van der Waals surface area contributed by atoms with E-state index in [9.17, 15) is 14.0 Å². The molecule has 1 amide bonds. The number of hydrogen-bond donors (Lipinski definition) is 1. The highest BCUT2D eigenvalue weighted by atomic mass is 32.2. The summed E-state index contributed by atoms with van der Waals surface area (Å²) in [6.45, 7) is 3.20. The standard InChI is InChI=1S/C26H22FN3O4S/c1-16(31)19-9-6-10-21(15-19)28-24(32)23(18-7-4-3-5-8-18)35-26-30-29-25(34-26)17(2)33-22-13-11-20(27)12-14-22/h3-15,17,23H,1-2H3,(H,28,32)/t17-,23-/m1/s1. The third kappa shape index (κ3) is 6.33. The zero-order valence-electron chi connectivity index (χ0n) is 19.0. The van der Waals surface area contributed by atoms with Crippen LogP contribution in [0.2, 0.25) is 0 Å². The summed E-state index contributed by atoms with van der Waals surface area (Å²) >= 11 is 1.10. The van der Waals surface area contributed by atoms with Crippen LogP contribution in [0.3, 0.4) is 0 Å². The van der Waals surface area contributed by atoms with Crippen LogP contribution in [0.15, 0.2) is 88.5 Å². The average Bonchev–Trinajstić information content (AvgIpc) is 3.33. The highest BCUT2D eigenvalue weighted by molar-refractivity contribution is 8.00. The maximum atomic E-state index is 13.2. The molecule has 3 aromatic carbocycles. The van der Waals surface area contributed by atoms with E-state index in [0.29, 0.717) is 17.0 Å². The fraction of sp³-hybridized carbons (Fsp3) is 0.154. The molecule has 0 saturated carbocycles. The molecule has 35 heavy (non-hydrogen) atoms. The predicted octanol–water partition coefficient (Wildman–Crippen LogP) is 6.02. The Balaban J connectivity index is 1.51. The molecule has 1 aromatic heterocycles. The Morgan fingerprint density at radius 3 is 2.46 bits per heavy atom. The number of amides is 1. The minimum atomic E-state index is -0.696. The lowest BCUT2D eigenvalue weighted by molar-refractivity contribution is -0.115. The number of carbonyl (C=O) groups excluding carboxylic acids is 2. The number of ether oxygens (including phenoxy) is 1. The van der Waals surface area contributed by atoms with Crippen LogP contribution in [0.4, 0.5) is 10.1 Å². The van der Waals surface area contributed by atoms with E-state index >= 15 is 0 Å². The van der Waals surface area contributed by atoms with Crippen molar-refractivity contribution < 1.29 is 23.1 Å². The van der Waals surface area contributed by atoms with E-state index in [1.54, 1.807) is 31.2 Å². The van der Waals surface area contributed by atoms with Crippen LogP contribution in [-0.4, -0.2) is 21.9 Å². The molecule has 0 radical (unpaired) electrons. The summed E-state index contributed by atoms with van der Waals surface area (Å²) in [4.78, 5) is 24.9. The molecule has 7 nitrogen and oxygen atoms in total. The van der Waals surface area contributed by atoms with Gasteiger partial charge in [0.15, 0.2) is 11.9 Å². The molecule has 1 heterocycles. The third-order valence-corrected chi connectivity index (χ3v) is 6.08. The molecule has 0 spiro atoms. The number of aromatic nitrogens is 2. The molecule has 0 fully saturated rings. The van der Waals surface area contributed by atoms with Crippen molar-refractivity contribution >= 4 is 29.1 Å². The normalized spacial score (nSPS) is 12.5. The van der Waals surface area contributed by atoms with Gasteiger partial charge in [0.05, 0.1) is 0 Å². The van der Waals surface area contributed by atoms with Crippen LogP contribution < -0.4 is 10.1 Å². The summed E-state index contributed by atoms with van der Waals surface area (Å²) in [5.74, 6) is -0.0821. The van der Waals surface area contributed by atoms with Gasteiger partial charge in [-0.25, -0.2) is 4.39 Å². The van der Waals surface area contributed by atoms with Crippen molar-refractivity contribution in [2.45, 2.75) is 30.4 Å². The molecule has 4 rings (SSSR count). The van der Waals surface area contributed by atoms with Crippen LogP contribution in [0.1, 0.15) is 47.0 Å². The fourth-order valence-electron chi connectivity index (χ4n) is 3.23. The summed E-state index contributed by atoms with van der Waals surface area (Å²) in [6, 6.07) is 21.6. The number of Topliss-reactive ketones (excluding diaryl/α,β-unsaturated/α-hetero) is 1. The van der Waals surface area contributed by atoms with Gasteiger partial charge in [-0.15, -0.1) is 10.2 Å². The van der Waals surface area contributed by atoms with E-state index in [2.05, 4.69) is 15.5 Å². The van der Waals surface area contributed by atoms with Crippen molar-refractivity contribution in [1.29, 1.82) is 0 Å². The minimum absolute atomic E-state index is 0.0922. The van der Waals surface area contributed by atoms with Gasteiger partial charge < -0.3 is 14.5 Å². The van der Waals surface area contributed by atoms with E-state index in [0.717, 1.165) is 17.3 Å². The Hall–Kier alpha value is -3.98. The van der Waals surface area contributed by atoms with Gasteiger partial charge in [-0.05, 0) is 67.6 Å². The molecular formula is C26H22FN3O4S. The van der Waals surface area contributed by atoms with Gasteiger partial charge in [0.1, 0.15) is 16.8 Å². The molecule has 0 saturated heterocycles. The first-order chi connectivity index (χ1) is 16.9. The minimum Gasteiger partial charge on any atom is -0.481 e. The lowest BCUT2D eigenvalue weighted by Crippen LogP contribution is -2.19. The van der Waals surface area contributed by atoms with Gasteiger partial charge in [-0.2, -0.15) is 0 Å². The summed E-state index contributed by atoms with van der Waals surface area (Å²) < 4.78 is 24.6. The first-order valence-corrected chi connectivity index (χ1v) is 11.7. The van der Waals surface area contributed by atoms with Crippen molar-refractivity contribution in [3.63, 3.8) is 0 Å². The van der Waals surface area contributed by atoms with E-state index in [-0.39, 0.29) is 28.6 Å². The summed E-state index contributed by atoms with van der Waals surface area (Å²) in [6.07, 6.45) is -0.583. The van der Waals surface area contributed by atoms with Gasteiger partial charge in [0.25, 0.3) is 11.1 Å². The number of nitrogens with one attached hydrogen (secondary N) is 1. The smallest absolute Gasteiger partial charge is 0.277 e. The topological polar surface area (TPSA) is 94.3 Å². The maximum absolute atomic E-state index is 13.2. The van der Waals surface area contributed by atoms with Crippen LogP contribution in [-0.2, 0) is 4.79 Å². The van der Waals surface area contributed by atoms with Crippen LogP contribution in [0.5, 0.6) is 5.75 Å². The van der Waals surface area contributed by atoms with Gasteiger partial charge in [-0.3, -0.25) is 9.59 Å². The van der Waals surface area contributed by atoms with Gasteiger partial charge in [0, 0.05) is 11.3 Å². The maximum Gasteiger partial charge on any atom is 0.277 e. The third-order valence-electron chi connectivity index (χ3n) is 4.99. The Morgan fingerprint density at radius 2 is 1.74 bits per heavy atom. The molecule has 0 bridgehead atoms. The number of benzene rings is 3. The second kappa shape index (κ2) is 11.0. The molecule has 4 aromatic rings. The summed E-state index contributed by atoms with van der Waals surface area (Å²) in [5, 5.41) is 10.5. The molecule has 0 unspecified atom stereocenters. The average molecular weight is 492 g/mol. The van der Waals surface area contributed by atoms with E-state index in [4.69, 9.17) is 9.15 Å². The summed E-state index contributed by atoms with van der Waals surface area (Å²) in [5.41, 5.74) is 1.76. The second-order valence-corrected chi connectivity index (χ2v) is 8.71. The van der Waals surface area contributed by atoms with E-state index in [1.807, 2.05) is 30.3 Å². The quantitative estimate of drug-likeness (QED) is 0.226. The number of ketones is 1. The van der Waals surface area contributed by atoms with Crippen molar-refractivity contribution in [3.8, 4) is 5.75 Å². The van der Waals surface area contributed by atoms with E-state index < -0.39 is 11.4 Å². The molecule has 9 heteroatoms. The summed E-state index contributed by atoms with van der Waals surface area (Å²) in [7, 11) is 0. The highest BCUT2D eigenvalue weighted by Gasteiger charge is 2.26. The van der Waals surface area contributed by atoms with Crippen molar-refractivity contribution in [2.24, 2.45) is 0 Å². The number of hydrogen-bond acceptors (Lipinski definition) is 7. The number of anilines is 1. The first-order valence-electron chi connectivity index (χ1n) is 10.8. The molecule has 1 N–H and O–H groups in total. The molecule has 0 aliphatic heterocycles. The number of nitrogens with zero attached hydrogens (tertiary/aromatic N) is 2. The molecular weight excluding hydrogens is 469 g/mol. The molecule has 2 atom stereocenters. The number of thioether (sulfide) groups is 1. The lowest BCUT2D eigenvalue weighted by Gasteiger charge is -2.15. The number of halogens is 1. The molecule has 178 valence electrons. The van der Waals surface area contributed by atoms with E-state index in [1.165, 1.54) is 31.2 Å². The fourth-order valence-corrected chi connectivity index (χ4v) is 4.11. The number of carbonyl (C=O) groups is 2. The highest BCUT2D eigenvalue weighted by Crippen LogP contribution is 2.36. The predicted molar refractivity (Wildman–Crippen MR) is 130 cm³/mol. The Kier molecular flexibility index (Phi) is 7.57. The van der Waals surface area contributed by atoms with Crippen molar-refractivity contribution in [2.75, 3.05) is 5.32 Å². The Bertz CT molecular complexity index is 1310. The van der Waals surface area contributed by atoms with Crippen LogP contribution >= 0.6 is 11.8 Å². The number of rotatable bonds is 9. The monoisotopic (exact) mass is 491 g/mol.